The zero-order valence-corrected chi connectivity index (χ0v) is 23.9. The molecule has 6 aromatic carbocycles. The lowest BCUT2D eigenvalue weighted by molar-refractivity contribution is 0.263. The highest BCUT2D eigenvalue weighted by atomic mass is 16.6. The first-order valence-corrected chi connectivity index (χ1v) is 15.3. The van der Waals surface area contributed by atoms with Gasteiger partial charge in [0.2, 0.25) is 0 Å². The van der Waals surface area contributed by atoms with Gasteiger partial charge in [0.25, 0.3) is 0 Å². The van der Waals surface area contributed by atoms with E-state index in [1.807, 2.05) is 12.1 Å². The minimum atomic E-state index is -0.532. The molecule has 3 aliphatic heterocycles. The predicted molar refractivity (Wildman–Crippen MR) is 169 cm³/mol. The van der Waals surface area contributed by atoms with E-state index in [1.165, 1.54) is 22.3 Å². The highest BCUT2D eigenvalue weighted by Crippen LogP contribution is 2.63. The van der Waals surface area contributed by atoms with Crippen LogP contribution in [0.1, 0.15) is 22.3 Å². The zero-order valence-electron chi connectivity index (χ0n) is 23.9. The molecule has 1 spiro atoms. The van der Waals surface area contributed by atoms with E-state index < -0.39 is 5.41 Å². The van der Waals surface area contributed by atoms with Gasteiger partial charge in [-0.1, -0.05) is 72.8 Å². The average Bonchev–Trinajstić information content (AvgIpc) is 4.02. The van der Waals surface area contributed by atoms with Crippen LogP contribution < -0.4 is 14.2 Å². The first-order chi connectivity index (χ1) is 21.8. The Balaban J connectivity index is 1.23. The molecule has 6 aromatic rings. The molecule has 0 saturated carbocycles. The van der Waals surface area contributed by atoms with Crippen LogP contribution >= 0.6 is 0 Å². The molecule has 1 aliphatic carbocycles. The second-order valence-electron chi connectivity index (χ2n) is 12.1. The summed E-state index contributed by atoms with van der Waals surface area (Å²) in [4.78, 5) is 0. The maximum absolute atomic E-state index is 7.10. The van der Waals surface area contributed by atoms with E-state index in [-0.39, 0.29) is 12.2 Å². The van der Waals surface area contributed by atoms with Crippen LogP contribution in [-0.4, -0.2) is 38.6 Å². The Labute approximate surface area is 254 Å². The summed E-state index contributed by atoms with van der Waals surface area (Å²) >= 11 is 0. The molecular weight excluding hydrogens is 548 g/mol. The van der Waals surface area contributed by atoms with Crippen LogP contribution in [0.3, 0.4) is 0 Å². The molecule has 2 fully saturated rings. The second kappa shape index (κ2) is 9.08. The number of hydrogen-bond acceptors (Lipinski definition) is 5. The highest BCUT2D eigenvalue weighted by molar-refractivity contribution is 6.00. The van der Waals surface area contributed by atoms with Gasteiger partial charge in [0.1, 0.15) is 48.4 Å². The summed E-state index contributed by atoms with van der Waals surface area (Å²) in [5.41, 5.74) is 6.85. The number of rotatable bonds is 6. The van der Waals surface area contributed by atoms with E-state index in [9.17, 15) is 0 Å². The molecule has 2 atom stereocenters. The molecule has 0 bridgehead atoms. The summed E-state index contributed by atoms with van der Waals surface area (Å²) in [7, 11) is 0. The summed E-state index contributed by atoms with van der Waals surface area (Å²) in [5.74, 6) is 3.45. The van der Waals surface area contributed by atoms with Crippen molar-refractivity contribution in [1.29, 1.82) is 0 Å². The van der Waals surface area contributed by atoms with Crippen molar-refractivity contribution >= 4 is 21.5 Å². The number of fused-ring (bicyclic) bond motifs is 13. The van der Waals surface area contributed by atoms with Gasteiger partial charge in [-0.25, -0.2) is 0 Å². The lowest BCUT2D eigenvalue weighted by atomic mass is 9.65. The van der Waals surface area contributed by atoms with Crippen molar-refractivity contribution in [3.8, 4) is 34.1 Å². The van der Waals surface area contributed by atoms with E-state index in [0.717, 1.165) is 68.9 Å². The first kappa shape index (κ1) is 24.6. The van der Waals surface area contributed by atoms with Gasteiger partial charge in [-0.15, -0.1) is 0 Å². The maximum Gasteiger partial charge on any atom is 0.140 e. The zero-order chi connectivity index (χ0) is 28.8. The van der Waals surface area contributed by atoms with Gasteiger partial charge in [-0.3, -0.25) is 0 Å². The largest absolute Gasteiger partial charge is 0.491 e. The van der Waals surface area contributed by atoms with Crippen LogP contribution in [0.4, 0.5) is 0 Å². The van der Waals surface area contributed by atoms with Crippen molar-refractivity contribution in [3.05, 3.63) is 131 Å². The van der Waals surface area contributed by atoms with E-state index in [2.05, 4.69) is 97.1 Å². The van der Waals surface area contributed by atoms with E-state index >= 15 is 0 Å². The molecule has 2 unspecified atom stereocenters. The number of hydrogen-bond donors (Lipinski definition) is 0. The van der Waals surface area contributed by atoms with E-state index in [4.69, 9.17) is 23.7 Å². The first-order valence-electron chi connectivity index (χ1n) is 15.3. The summed E-state index contributed by atoms with van der Waals surface area (Å²) < 4.78 is 29.9. The Morgan fingerprint density at radius 3 is 1.50 bits per heavy atom. The van der Waals surface area contributed by atoms with Crippen LogP contribution in [0.2, 0.25) is 0 Å². The highest BCUT2D eigenvalue weighted by Gasteiger charge is 2.51. The summed E-state index contributed by atoms with van der Waals surface area (Å²) in [6.45, 7) is 2.69. The molecule has 0 N–H and O–H groups in total. The maximum atomic E-state index is 7.10. The Morgan fingerprint density at radius 2 is 1.02 bits per heavy atom. The van der Waals surface area contributed by atoms with Crippen LogP contribution in [0, 0.1) is 0 Å². The Morgan fingerprint density at radius 1 is 0.545 bits per heavy atom. The topological polar surface area (TPSA) is 52.8 Å². The lowest BCUT2D eigenvalue weighted by Crippen LogP contribution is -2.32. The Hall–Kier alpha value is -4.84. The SMILES string of the molecule is c1ccc2c(c1)-c1ccccc1C21c2ccc3cc(OCC4CO4)ccc3c2Oc2c1ccc1cc(OCC3CO3)ccc21. The molecule has 214 valence electrons. The standard InChI is InChI=1S/C39H28O5/c1-3-7-33-31(5-1)32-6-2-4-8-34(32)39(33)35-15-9-23-17-25(40-19-27-21-42-27)11-13-29(23)37(35)44-38-30-14-12-26(41-20-28-22-43-28)18-24(30)10-16-36(38)39/h1-18,27-28H,19-22H2. The third kappa shape index (κ3) is 3.54. The van der Waals surface area contributed by atoms with Gasteiger partial charge in [-0.05, 0) is 69.4 Å². The van der Waals surface area contributed by atoms with Gasteiger partial charge in [-0.2, -0.15) is 0 Å². The third-order valence-corrected chi connectivity index (χ3v) is 9.52. The van der Waals surface area contributed by atoms with Gasteiger partial charge in [0.15, 0.2) is 0 Å². The molecule has 5 nitrogen and oxygen atoms in total. The minimum Gasteiger partial charge on any atom is -0.491 e. The molecule has 44 heavy (non-hydrogen) atoms. The van der Waals surface area contributed by atoms with Crippen molar-refractivity contribution in [2.45, 2.75) is 17.6 Å². The molecular formula is C39H28O5. The fraction of sp³-hybridized carbons (Fsp3) is 0.179. The van der Waals surface area contributed by atoms with Gasteiger partial charge in [0, 0.05) is 21.9 Å². The molecule has 3 heterocycles. The summed E-state index contributed by atoms with van der Waals surface area (Å²) in [6.07, 6.45) is 0.412. The monoisotopic (exact) mass is 576 g/mol. The lowest BCUT2D eigenvalue weighted by Gasteiger charge is -2.40. The number of epoxide rings is 2. The summed E-state index contributed by atoms with van der Waals surface area (Å²) in [5, 5.41) is 4.28. The number of benzene rings is 6. The van der Waals surface area contributed by atoms with E-state index in [1.54, 1.807) is 0 Å². The smallest absolute Gasteiger partial charge is 0.140 e. The second-order valence-corrected chi connectivity index (χ2v) is 12.1. The van der Waals surface area contributed by atoms with Gasteiger partial charge >= 0.3 is 0 Å². The fourth-order valence-corrected chi connectivity index (χ4v) is 7.32. The normalized spacial score (nSPS) is 19.5. The van der Waals surface area contributed by atoms with Crippen LogP contribution in [0.25, 0.3) is 32.7 Å². The van der Waals surface area contributed by atoms with Crippen LogP contribution in [-0.2, 0) is 14.9 Å². The molecule has 0 aromatic heterocycles. The van der Waals surface area contributed by atoms with Crippen molar-refractivity contribution in [1.82, 2.24) is 0 Å². The summed E-state index contributed by atoms with van der Waals surface area (Å²) in [6, 6.07) is 39.2. The van der Waals surface area contributed by atoms with Crippen LogP contribution in [0.5, 0.6) is 23.0 Å². The molecule has 0 radical (unpaired) electrons. The molecule has 4 aliphatic rings. The molecule has 5 heteroatoms. The Kier molecular flexibility index (Phi) is 5.08. The Bertz CT molecular complexity index is 1990. The molecule has 2 saturated heterocycles. The predicted octanol–water partition coefficient (Wildman–Crippen LogP) is 8.02. The van der Waals surface area contributed by atoms with Crippen LogP contribution in [0.15, 0.2) is 109 Å². The average molecular weight is 577 g/mol. The van der Waals surface area contributed by atoms with Crippen molar-refractivity contribution in [2.75, 3.05) is 26.4 Å². The van der Waals surface area contributed by atoms with Gasteiger partial charge in [0.05, 0.1) is 18.6 Å². The minimum absolute atomic E-state index is 0.206. The molecule has 0 amide bonds. The molecule has 10 rings (SSSR count). The fourth-order valence-electron chi connectivity index (χ4n) is 7.32. The number of ether oxygens (including phenoxy) is 5. The van der Waals surface area contributed by atoms with Gasteiger partial charge < -0.3 is 23.7 Å². The van der Waals surface area contributed by atoms with Crippen molar-refractivity contribution in [3.63, 3.8) is 0 Å². The van der Waals surface area contributed by atoms with Crippen molar-refractivity contribution in [2.24, 2.45) is 0 Å². The third-order valence-electron chi connectivity index (χ3n) is 9.52. The quantitative estimate of drug-likeness (QED) is 0.188. The van der Waals surface area contributed by atoms with E-state index in [0.29, 0.717) is 13.2 Å². The van der Waals surface area contributed by atoms with Crippen molar-refractivity contribution < 1.29 is 23.7 Å².